The van der Waals surface area contributed by atoms with Crippen LogP contribution in [0.1, 0.15) is 25.0 Å². The first-order valence-corrected chi connectivity index (χ1v) is 6.67. The van der Waals surface area contributed by atoms with Gasteiger partial charge in [0.1, 0.15) is 5.76 Å². The molecular formula is C14H16NO4-. The molecule has 3 rings (SSSR count). The van der Waals surface area contributed by atoms with Crippen LogP contribution in [0, 0.1) is 23.7 Å². The standard InChI is InChI=1S/C14H17NO4/c16-13(15-7-10-2-1-5-19-10)11-8-3-4-9(6-8)12(11)14(17)18/h1-2,5,8-9,11-12H,3-4,6-7H2,(H,15,16)(H,17,18)/p-1/t8-,9-,11+,12-/m0/s1. The smallest absolute Gasteiger partial charge is 0.224 e. The summed E-state index contributed by atoms with van der Waals surface area (Å²) in [6.45, 7) is 0.305. The third-order valence-corrected chi connectivity index (χ3v) is 4.51. The molecule has 2 fully saturated rings. The van der Waals surface area contributed by atoms with E-state index in [0.717, 1.165) is 19.3 Å². The van der Waals surface area contributed by atoms with Gasteiger partial charge in [0.25, 0.3) is 0 Å². The average Bonchev–Trinajstić information content (AvgIpc) is 3.10. The van der Waals surface area contributed by atoms with Gasteiger partial charge < -0.3 is 19.6 Å². The molecule has 0 unspecified atom stereocenters. The van der Waals surface area contributed by atoms with E-state index < -0.39 is 17.8 Å². The summed E-state index contributed by atoms with van der Waals surface area (Å²) in [6, 6.07) is 3.53. The van der Waals surface area contributed by atoms with Crippen molar-refractivity contribution >= 4 is 11.9 Å². The van der Waals surface area contributed by atoms with Gasteiger partial charge in [-0.3, -0.25) is 4.79 Å². The fourth-order valence-corrected chi connectivity index (χ4v) is 3.71. The number of hydrogen-bond donors (Lipinski definition) is 1. The minimum atomic E-state index is -1.08. The molecule has 2 aliphatic rings. The fourth-order valence-electron chi connectivity index (χ4n) is 3.71. The minimum absolute atomic E-state index is 0.120. The number of hydrogen-bond acceptors (Lipinski definition) is 4. The molecular weight excluding hydrogens is 246 g/mol. The Balaban J connectivity index is 1.66. The molecule has 2 saturated carbocycles. The van der Waals surface area contributed by atoms with Crippen LogP contribution in [0.4, 0.5) is 0 Å². The predicted molar refractivity (Wildman–Crippen MR) is 63.4 cm³/mol. The lowest BCUT2D eigenvalue weighted by molar-refractivity contribution is -0.314. The number of aliphatic carboxylic acids is 1. The molecule has 0 aliphatic heterocycles. The first kappa shape index (κ1) is 12.3. The SMILES string of the molecule is O=C(NCc1ccco1)[C@@H]1[C@H]2CC[C@@H](C2)[C@@H]1C(=O)[O-]. The van der Waals surface area contributed by atoms with Gasteiger partial charge in [0.15, 0.2) is 0 Å². The van der Waals surface area contributed by atoms with Gasteiger partial charge in [0.05, 0.1) is 12.8 Å². The highest BCUT2D eigenvalue weighted by Crippen LogP contribution is 2.52. The largest absolute Gasteiger partial charge is 0.550 e. The Hall–Kier alpha value is -1.78. The molecule has 1 N–H and O–H groups in total. The third kappa shape index (κ3) is 2.13. The summed E-state index contributed by atoms with van der Waals surface area (Å²) in [5, 5.41) is 14.0. The van der Waals surface area contributed by atoms with Gasteiger partial charge in [-0.05, 0) is 43.2 Å². The van der Waals surface area contributed by atoms with Gasteiger partial charge in [0.2, 0.25) is 5.91 Å². The molecule has 19 heavy (non-hydrogen) atoms. The van der Waals surface area contributed by atoms with E-state index in [9.17, 15) is 14.7 Å². The Morgan fingerprint density at radius 1 is 1.32 bits per heavy atom. The van der Waals surface area contributed by atoms with E-state index >= 15 is 0 Å². The lowest BCUT2D eigenvalue weighted by atomic mass is 9.79. The van der Waals surface area contributed by atoms with Crippen LogP contribution >= 0.6 is 0 Å². The highest BCUT2D eigenvalue weighted by molar-refractivity contribution is 5.85. The highest BCUT2D eigenvalue weighted by atomic mass is 16.4. The van der Waals surface area contributed by atoms with Crippen LogP contribution < -0.4 is 10.4 Å². The minimum Gasteiger partial charge on any atom is -0.550 e. The van der Waals surface area contributed by atoms with E-state index in [1.807, 2.05) is 0 Å². The highest BCUT2D eigenvalue weighted by Gasteiger charge is 2.51. The lowest BCUT2D eigenvalue weighted by Crippen LogP contribution is -2.45. The zero-order chi connectivity index (χ0) is 13.4. The molecule has 1 amide bonds. The van der Waals surface area contributed by atoms with E-state index in [1.165, 1.54) is 0 Å². The zero-order valence-electron chi connectivity index (χ0n) is 10.5. The summed E-state index contributed by atoms with van der Waals surface area (Å²) in [7, 11) is 0. The molecule has 5 nitrogen and oxygen atoms in total. The van der Waals surface area contributed by atoms with Crippen LogP contribution in [0.15, 0.2) is 22.8 Å². The molecule has 1 aromatic heterocycles. The molecule has 0 saturated heterocycles. The maximum absolute atomic E-state index is 12.2. The average molecular weight is 262 g/mol. The molecule has 2 bridgehead atoms. The first-order chi connectivity index (χ1) is 9.16. The van der Waals surface area contributed by atoms with Crippen molar-refractivity contribution in [3.05, 3.63) is 24.2 Å². The number of carbonyl (C=O) groups excluding carboxylic acids is 2. The summed E-state index contributed by atoms with van der Waals surface area (Å²) in [4.78, 5) is 23.4. The molecule has 5 heteroatoms. The number of rotatable bonds is 4. The van der Waals surface area contributed by atoms with Crippen molar-refractivity contribution in [2.45, 2.75) is 25.8 Å². The normalized spacial score (nSPS) is 32.4. The molecule has 1 heterocycles. The van der Waals surface area contributed by atoms with Crippen LogP contribution in [-0.2, 0) is 16.1 Å². The monoisotopic (exact) mass is 262 g/mol. The van der Waals surface area contributed by atoms with Gasteiger partial charge in [-0.25, -0.2) is 0 Å². The Bertz CT molecular complexity index is 482. The second kappa shape index (κ2) is 4.72. The fraction of sp³-hybridized carbons (Fsp3) is 0.571. The van der Waals surface area contributed by atoms with Crippen LogP contribution in [0.2, 0.25) is 0 Å². The number of amides is 1. The molecule has 1 aromatic rings. The Labute approximate surface area is 111 Å². The Morgan fingerprint density at radius 2 is 2.05 bits per heavy atom. The van der Waals surface area contributed by atoms with Crippen molar-refractivity contribution < 1.29 is 19.1 Å². The zero-order valence-corrected chi connectivity index (χ0v) is 10.5. The molecule has 4 atom stereocenters. The summed E-state index contributed by atoms with van der Waals surface area (Å²) in [5.74, 6) is -1.32. The number of carboxylic acids is 1. The van der Waals surface area contributed by atoms with E-state index in [2.05, 4.69) is 5.32 Å². The van der Waals surface area contributed by atoms with Crippen molar-refractivity contribution in [3.63, 3.8) is 0 Å². The van der Waals surface area contributed by atoms with Crippen molar-refractivity contribution in [1.29, 1.82) is 0 Å². The molecule has 102 valence electrons. The van der Waals surface area contributed by atoms with Crippen LogP contribution in [0.3, 0.4) is 0 Å². The Morgan fingerprint density at radius 3 is 2.68 bits per heavy atom. The van der Waals surface area contributed by atoms with Crippen molar-refractivity contribution in [3.8, 4) is 0 Å². The molecule has 2 aliphatic carbocycles. The molecule has 0 spiro atoms. The van der Waals surface area contributed by atoms with E-state index in [1.54, 1.807) is 18.4 Å². The quantitative estimate of drug-likeness (QED) is 0.846. The number of nitrogens with one attached hydrogen (secondary N) is 1. The molecule has 0 aromatic carbocycles. The second-order valence-corrected chi connectivity index (χ2v) is 5.50. The van der Waals surface area contributed by atoms with Crippen molar-refractivity contribution in [2.24, 2.45) is 23.7 Å². The Kier molecular flexibility index (Phi) is 3.05. The summed E-state index contributed by atoms with van der Waals surface area (Å²) >= 11 is 0. The topological polar surface area (TPSA) is 82.4 Å². The van der Waals surface area contributed by atoms with Crippen molar-refractivity contribution in [1.82, 2.24) is 5.32 Å². The van der Waals surface area contributed by atoms with Gasteiger partial charge in [-0.15, -0.1) is 0 Å². The van der Waals surface area contributed by atoms with Gasteiger partial charge in [-0.1, -0.05) is 0 Å². The van der Waals surface area contributed by atoms with Crippen LogP contribution in [0.5, 0.6) is 0 Å². The lowest BCUT2D eigenvalue weighted by Gasteiger charge is -2.30. The van der Waals surface area contributed by atoms with E-state index in [-0.39, 0.29) is 17.7 Å². The summed E-state index contributed by atoms with van der Waals surface area (Å²) in [6.07, 6.45) is 4.25. The maximum Gasteiger partial charge on any atom is 0.224 e. The maximum atomic E-state index is 12.2. The number of carbonyl (C=O) groups is 2. The van der Waals surface area contributed by atoms with Crippen LogP contribution in [0.25, 0.3) is 0 Å². The number of fused-ring (bicyclic) bond motifs is 2. The summed E-state index contributed by atoms with van der Waals surface area (Å²) < 4.78 is 5.14. The van der Waals surface area contributed by atoms with Crippen molar-refractivity contribution in [2.75, 3.05) is 0 Å². The number of furan rings is 1. The van der Waals surface area contributed by atoms with E-state index in [4.69, 9.17) is 4.42 Å². The van der Waals surface area contributed by atoms with Gasteiger partial charge >= 0.3 is 0 Å². The van der Waals surface area contributed by atoms with Gasteiger partial charge in [-0.2, -0.15) is 0 Å². The third-order valence-electron chi connectivity index (χ3n) is 4.51. The van der Waals surface area contributed by atoms with E-state index in [0.29, 0.717) is 12.3 Å². The number of carboxylic acid groups (broad SMARTS) is 1. The van der Waals surface area contributed by atoms with Crippen LogP contribution in [-0.4, -0.2) is 11.9 Å². The van der Waals surface area contributed by atoms with Gasteiger partial charge in [0, 0.05) is 17.8 Å². The predicted octanol–water partition coefficient (Wildman–Crippen LogP) is 0.308. The summed E-state index contributed by atoms with van der Waals surface area (Å²) in [5.41, 5.74) is 0. The second-order valence-electron chi connectivity index (χ2n) is 5.50. The first-order valence-electron chi connectivity index (χ1n) is 6.67. The molecule has 0 radical (unpaired) electrons.